The molecule has 0 radical (unpaired) electrons. The molecular formula is C16H20BrNO3. The number of nitrogens with two attached hydrogens (primary N) is 1. The smallest absolute Gasteiger partial charge is 0.168 e. The van der Waals surface area contributed by atoms with Crippen LogP contribution in [0.1, 0.15) is 36.0 Å². The lowest BCUT2D eigenvalue weighted by atomic mass is 9.78. The molecule has 5 heteroatoms. The number of carbonyl (C=O) groups excluding carboxylic acids is 1. The molecule has 0 aliphatic carbocycles. The second-order valence-electron chi connectivity index (χ2n) is 5.93. The molecule has 3 rings (SSSR count). The quantitative estimate of drug-likeness (QED) is 0.655. The number of halogens is 1. The van der Waals surface area contributed by atoms with Crippen molar-refractivity contribution in [1.29, 1.82) is 0 Å². The van der Waals surface area contributed by atoms with E-state index in [0.29, 0.717) is 17.9 Å². The summed E-state index contributed by atoms with van der Waals surface area (Å²) >= 11 is 3.41. The van der Waals surface area contributed by atoms with Crippen molar-refractivity contribution in [2.24, 2.45) is 5.92 Å². The largest absolute Gasteiger partial charge is 0.398 e. The van der Waals surface area contributed by atoms with E-state index in [4.69, 9.17) is 15.2 Å². The van der Waals surface area contributed by atoms with Crippen LogP contribution in [-0.2, 0) is 9.47 Å². The molecule has 1 spiro atoms. The molecule has 21 heavy (non-hydrogen) atoms. The van der Waals surface area contributed by atoms with E-state index in [2.05, 4.69) is 15.9 Å². The molecule has 1 atom stereocenters. The van der Waals surface area contributed by atoms with Crippen LogP contribution in [0.5, 0.6) is 0 Å². The van der Waals surface area contributed by atoms with Gasteiger partial charge >= 0.3 is 0 Å². The third-order valence-corrected chi connectivity index (χ3v) is 5.04. The Labute approximate surface area is 133 Å². The van der Waals surface area contributed by atoms with E-state index in [0.717, 1.165) is 43.4 Å². The third kappa shape index (κ3) is 3.15. The van der Waals surface area contributed by atoms with Gasteiger partial charge in [0.05, 0.1) is 5.60 Å². The lowest BCUT2D eigenvalue weighted by Gasteiger charge is -2.43. The number of ether oxygens (including phenoxy) is 2. The molecule has 2 heterocycles. The highest BCUT2D eigenvalue weighted by Crippen LogP contribution is 2.38. The summed E-state index contributed by atoms with van der Waals surface area (Å²) in [5, 5.41) is 0. The van der Waals surface area contributed by atoms with Gasteiger partial charge < -0.3 is 15.2 Å². The molecule has 0 aromatic heterocycles. The molecule has 2 aliphatic heterocycles. The van der Waals surface area contributed by atoms with Gasteiger partial charge in [-0.2, -0.15) is 0 Å². The number of Topliss-reactive ketones (excluding diaryl/α,β-unsaturated/α-hetero) is 1. The second kappa shape index (κ2) is 6.07. The summed E-state index contributed by atoms with van der Waals surface area (Å²) < 4.78 is 12.3. The fourth-order valence-electron chi connectivity index (χ4n) is 3.31. The Bertz CT molecular complexity index is 535. The summed E-state index contributed by atoms with van der Waals surface area (Å²) in [6.45, 7) is 2.09. The van der Waals surface area contributed by atoms with Crippen molar-refractivity contribution in [2.75, 3.05) is 25.6 Å². The first-order valence-electron chi connectivity index (χ1n) is 7.41. The maximum Gasteiger partial charge on any atom is 0.168 e. The van der Waals surface area contributed by atoms with Gasteiger partial charge in [0, 0.05) is 41.5 Å². The van der Waals surface area contributed by atoms with Gasteiger partial charge in [0.2, 0.25) is 0 Å². The Morgan fingerprint density at radius 3 is 2.81 bits per heavy atom. The van der Waals surface area contributed by atoms with Crippen molar-refractivity contribution in [1.82, 2.24) is 0 Å². The molecule has 114 valence electrons. The van der Waals surface area contributed by atoms with E-state index in [1.54, 1.807) is 6.07 Å². The fraction of sp³-hybridized carbons (Fsp3) is 0.562. The third-order valence-electron chi connectivity index (χ3n) is 4.55. The minimum atomic E-state index is -0.169. The molecule has 2 aliphatic rings. The zero-order chi connectivity index (χ0) is 14.9. The number of rotatable bonds is 2. The lowest BCUT2D eigenvalue weighted by molar-refractivity contribution is -0.142. The zero-order valence-corrected chi connectivity index (χ0v) is 13.5. The van der Waals surface area contributed by atoms with E-state index < -0.39 is 0 Å². The second-order valence-corrected chi connectivity index (χ2v) is 6.85. The topological polar surface area (TPSA) is 61.6 Å². The average Bonchev–Trinajstić information content (AvgIpc) is 2.50. The number of hydrogen-bond donors (Lipinski definition) is 1. The highest BCUT2D eigenvalue weighted by atomic mass is 79.9. The van der Waals surface area contributed by atoms with Gasteiger partial charge in [-0.3, -0.25) is 4.79 Å². The van der Waals surface area contributed by atoms with E-state index >= 15 is 0 Å². The predicted octanol–water partition coefficient (Wildman–Crippen LogP) is 3.19. The predicted molar refractivity (Wildman–Crippen MR) is 84.3 cm³/mol. The first kappa shape index (κ1) is 15.0. The van der Waals surface area contributed by atoms with Crippen LogP contribution in [0.3, 0.4) is 0 Å². The van der Waals surface area contributed by atoms with Gasteiger partial charge in [0.25, 0.3) is 0 Å². The van der Waals surface area contributed by atoms with Crippen LogP contribution in [0.4, 0.5) is 5.69 Å². The lowest BCUT2D eigenvalue weighted by Crippen LogP contribution is -2.46. The summed E-state index contributed by atoms with van der Waals surface area (Å²) in [5.41, 5.74) is 6.98. The van der Waals surface area contributed by atoms with Gasteiger partial charge in [-0.05, 0) is 43.9 Å². The maximum absolute atomic E-state index is 12.8. The van der Waals surface area contributed by atoms with Gasteiger partial charge in [0.15, 0.2) is 5.78 Å². The molecule has 2 fully saturated rings. The number of ketones is 1. The van der Waals surface area contributed by atoms with Crippen molar-refractivity contribution < 1.29 is 14.3 Å². The van der Waals surface area contributed by atoms with Gasteiger partial charge in [-0.15, -0.1) is 0 Å². The van der Waals surface area contributed by atoms with Crippen molar-refractivity contribution in [2.45, 2.75) is 31.3 Å². The Morgan fingerprint density at radius 2 is 2.05 bits per heavy atom. The van der Waals surface area contributed by atoms with E-state index in [1.807, 2.05) is 12.1 Å². The first-order valence-corrected chi connectivity index (χ1v) is 8.20. The molecule has 2 saturated heterocycles. The monoisotopic (exact) mass is 353 g/mol. The van der Waals surface area contributed by atoms with E-state index in [1.165, 1.54) is 0 Å². The van der Waals surface area contributed by atoms with Crippen molar-refractivity contribution in [3.8, 4) is 0 Å². The van der Waals surface area contributed by atoms with E-state index in [-0.39, 0.29) is 17.3 Å². The van der Waals surface area contributed by atoms with Crippen LogP contribution in [0.2, 0.25) is 0 Å². The maximum atomic E-state index is 12.8. The minimum Gasteiger partial charge on any atom is -0.398 e. The molecule has 0 saturated carbocycles. The molecule has 1 aromatic carbocycles. The van der Waals surface area contributed by atoms with Crippen LogP contribution in [0.15, 0.2) is 22.7 Å². The molecule has 4 nitrogen and oxygen atoms in total. The number of benzene rings is 1. The van der Waals surface area contributed by atoms with Crippen LogP contribution < -0.4 is 5.73 Å². The van der Waals surface area contributed by atoms with Gasteiger partial charge in [-0.1, -0.05) is 15.9 Å². The normalized spacial score (nSPS) is 24.9. The van der Waals surface area contributed by atoms with Crippen molar-refractivity contribution in [3.63, 3.8) is 0 Å². The standard InChI is InChI=1S/C16H20BrNO3/c17-12-1-2-14(18)13(9-12)15(19)11-3-6-21-16(10-11)4-7-20-8-5-16/h1-2,9,11H,3-8,10,18H2. The SMILES string of the molecule is Nc1ccc(Br)cc1C(=O)C1CCOC2(CCOCC2)C1. The Morgan fingerprint density at radius 1 is 1.29 bits per heavy atom. The van der Waals surface area contributed by atoms with Gasteiger partial charge in [-0.25, -0.2) is 0 Å². The number of anilines is 1. The fourth-order valence-corrected chi connectivity index (χ4v) is 3.67. The molecule has 0 amide bonds. The highest BCUT2D eigenvalue weighted by Gasteiger charge is 2.41. The Kier molecular flexibility index (Phi) is 4.33. The Hall–Kier alpha value is -0.910. The summed E-state index contributed by atoms with van der Waals surface area (Å²) in [6.07, 6.45) is 3.31. The van der Waals surface area contributed by atoms with Crippen LogP contribution in [-0.4, -0.2) is 31.2 Å². The highest BCUT2D eigenvalue weighted by molar-refractivity contribution is 9.10. The average molecular weight is 354 g/mol. The first-order chi connectivity index (χ1) is 10.1. The van der Waals surface area contributed by atoms with Crippen LogP contribution in [0, 0.1) is 5.92 Å². The zero-order valence-electron chi connectivity index (χ0n) is 11.9. The summed E-state index contributed by atoms with van der Waals surface area (Å²) in [5.74, 6) is 0.136. The summed E-state index contributed by atoms with van der Waals surface area (Å²) in [4.78, 5) is 12.8. The summed E-state index contributed by atoms with van der Waals surface area (Å²) in [6, 6.07) is 5.46. The molecule has 1 unspecified atom stereocenters. The van der Waals surface area contributed by atoms with Crippen molar-refractivity contribution >= 4 is 27.4 Å². The van der Waals surface area contributed by atoms with E-state index in [9.17, 15) is 4.79 Å². The molecular weight excluding hydrogens is 334 g/mol. The van der Waals surface area contributed by atoms with Crippen LogP contribution in [0.25, 0.3) is 0 Å². The Balaban J connectivity index is 1.79. The van der Waals surface area contributed by atoms with Gasteiger partial charge in [0.1, 0.15) is 0 Å². The minimum absolute atomic E-state index is 0.00606. The molecule has 0 bridgehead atoms. The molecule has 2 N–H and O–H groups in total. The number of hydrogen-bond acceptors (Lipinski definition) is 4. The van der Waals surface area contributed by atoms with Crippen molar-refractivity contribution in [3.05, 3.63) is 28.2 Å². The van der Waals surface area contributed by atoms with Crippen LogP contribution >= 0.6 is 15.9 Å². The number of carbonyl (C=O) groups is 1. The summed E-state index contributed by atoms with van der Waals surface area (Å²) in [7, 11) is 0. The number of nitrogen functional groups attached to an aromatic ring is 1. The molecule has 1 aromatic rings.